The number of hydrogen-bond acceptors (Lipinski definition) is 2. The van der Waals surface area contributed by atoms with Gasteiger partial charge in [-0.2, -0.15) is 13.2 Å². The number of aromatic nitrogens is 2. The number of carbonyl (C=O) groups is 1. The first-order chi connectivity index (χ1) is 10.4. The highest BCUT2D eigenvalue weighted by Gasteiger charge is 2.35. The van der Waals surface area contributed by atoms with E-state index in [2.05, 4.69) is 4.98 Å². The average molecular weight is 304 g/mol. The van der Waals surface area contributed by atoms with Crippen LogP contribution in [0, 0.1) is 6.92 Å². The van der Waals surface area contributed by atoms with Crippen molar-refractivity contribution >= 4 is 16.9 Å². The molecule has 1 aromatic heterocycles. The smallest absolute Gasteiger partial charge is 0.268 e. The summed E-state index contributed by atoms with van der Waals surface area (Å²) in [5.74, 6) is -0.387. The normalized spacial score (nSPS) is 11.8. The van der Waals surface area contributed by atoms with E-state index in [1.54, 1.807) is 31.2 Å². The van der Waals surface area contributed by atoms with Crippen LogP contribution in [0.1, 0.15) is 21.7 Å². The number of para-hydroxylation sites is 2. The Labute approximate surface area is 124 Å². The first-order valence-electron chi connectivity index (χ1n) is 6.54. The maximum absolute atomic E-state index is 13.1. The first-order valence-corrected chi connectivity index (χ1v) is 6.54. The molecule has 0 aliphatic heterocycles. The fraction of sp³-hybridized carbons (Fsp3) is 0.125. The molecule has 1 heterocycles. The van der Waals surface area contributed by atoms with Gasteiger partial charge in [-0.1, -0.05) is 24.3 Å². The molecule has 0 saturated heterocycles. The van der Waals surface area contributed by atoms with Crippen molar-refractivity contribution in [3.05, 3.63) is 65.5 Å². The summed E-state index contributed by atoms with van der Waals surface area (Å²) in [4.78, 5) is 16.8. The molecule has 0 bridgehead atoms. The third kappa shape index (κ3) is 2.26. The van der Waals surface area contributed by atoms with Crippen molar-refractivity contribution in [3.63, 3.8) is 0 Å². The minimum absolute atomic E-state index is 0.350. The molecule has 112 valence electrons. The van der Waals surface area contributed by atoms with E-state index in [4.69, 9.17) is 0 Å². The van der Waals surface area contributed by atoms with Gasteiger partial charge >= 0.3 is 6.18 Å². The van der Waals surface area contributed by atoms with Gasteiger partial charge in [0.1, 0.15) is 5.82 Å². The van der Waals surface area contributed by atoms with Crippen molar-refractivity contribution in [3.8, 4) is 0 Å². The molecule has 0 aliphatic rings. The summed E-state index contributed by atoms with van der Waals surface area (Å²) in [6.45, 7) is 1.59. The second-order valence-corrected chi connectivity index (χ2v) is 4.83. The van der Waals surface area contributed by atoms with Crippen LogP contribution in [0.2, 0.25) is 0 Å². The molecule has 3 aromatic rings. The van der Waals surface area contributed by atoms with Crippen molar-refractivity contribution in [1.29, 1.82) is 0 Å². The number of carbonyl (C=O) groups excluding carboxylic acids is 1. The lowest BCUT2D eigenvalue weighted by atomic mass is 10.1. The Bertz CT molecular complexity index is 865. The zero-order valence-corrected chi connectivity index (χ0v) is 11.6. The van der Waals surface area contributed by atoms with E-state index >= 15 is 0 Å². The molecule has 0 N–H and O–H groups in total. The molecule has 3 rings (SSSR count). The lowest BCUT2D eigenvalue weighted by Gasteiger charge is -2.13. The van der Waals surface area contributed by atoms with E-state index < -0.39 is 17.6 Å². The molecule has 6 heteroatoms. The summed E-state index contributed by atoms with van der Waals surface area (Å²) in [5.41, 5.74) is -0.279. The van der Waals surface area contributed by atoms with E-state index in [1.807, 2.05) is 0 Å². The number of rotatable bonds is 1. The van der Waals surface area contributed by atoms with Gasteiger partial charge in [0.05, 0.1) is 22.2 Å². The molecule has 3 nitrogen and oxygen atoms in total. The minimum atomic E-state index is -4.59. The number of imidazole rings is 1. The number of halogens is 3. The monoisotopic (exact) mass is 304 g/mol. The lowest BCUT2D eigenvalue weighted by Crippen LogP contribution is -2.19. The Balaban J connectivity index is 2.22. The average Bonchev–Trinajstić information content (AvgIpc) is 2.81. The number of alkyl halides is 3. The molecule has 2 aromatic carbocycles. The third-order valence-electron chi connectivity index (χ3n) is 3.39. The highest BCUT2D eigenvalue weighted by Crippen LogP contribution is 2.32. The van der Waals surface area contributed by atoms with Crippen LogP contribution in [0.3, 0.4) is 0 Å². The maximum atomic E-state index is 13.1. The fourth-order valence-corrected chi connectivity index (χ4v) is 2.44. The lowest BCUT2D eigenvalue weighted by molar-refractivity contribution is -0.137. The topological polar surface area (TPSA) is 34.9 Å². The van der Waals surface area contributed by atoms with Gasteiger partial charge < -0.3 is 0 Å². The van der Waals surface area contributed by atoms with Crippen LogP contribution in [-0.4, -0.2) is 15.5 Å². The summed E-state index contributed by atoms with van der Waals surface area (Å²) >= 11 is 0. The zero-order valence-electron chi connectivity index (χ0n) is 11.6. The van der Waals surface area contributed by atoms with E-state index in [1.165, 1.54) is 22.8 Å². The first kappa shape index (κ1) is 14.3. The Hall–Kier alpha value is -2.63. The Morgan fingerprint density at radius 1 is 1.05 bits per heavy atom. The van der Waals surface area contributed by atoms with Crippen LogP contribution in [0.5, 0.6) is 0 Å². The predicted octanol–water partition coefficient (Wildman–Crippen LogP) is 4.05. The van der Waals surface area contributed by atoms with Crippen molar-refractivity contribution in [2.24, 2.45) is 0 Å². The van der Waals surface area contributed by atoms with Crippen molar-refractivity contribution in [2.75, 3.05) is 0 Å². The molecule has 0 spiro atoms. The number of nitrogens with zero attached hydrogens (tertiary/aromatic N) is 2. The Morgan fingerprint density at radius 2 is 1.68 bits per heavy atom. The largest absolute Gasteiger partial charge is 0.417 e. The van der Waals surface area contributed by atoms with Crippen molar-refractivity contribution in [2.45, 2.75) is 13.1 Å². The van der Waals surface area contributed by atoms with E-state index in [9.17, 15) is 18.0 Å². The molecular formula is C16H11F3N2O. The molecule has 0 amide bonds. The molecule has 0 saturated carbocycles. The molecule has 22 heavy (non-hydrogen) atoms. The second kappa shape index (κ2) is 4.98. The molecule has 0 fully saturated rings. The van der Waals surface area contributed by atoms with Gasteiger partial charge in [-0.25, -0.2) is 4.98 Å². The summed E-state index contributed by atoms with van der Waals surface area (Å²) in [6.07, 6.45) is -4.59. The van der Waals surface area contributed by atoms with Gasteiger partial charge in [-0.05, 0) is 31.2 Å². The van der Waals surface area contributed by atoms with Crippen LogP contribution in [-0.2, 0) is 6.18 Å². The molecule has 0 atom stereocenters. The standard InChI is InChI=1S/C16H11F3N2O/c1-10-20-13-8-4-5-9-14(13)21(10)15(22)11-6-2-3-7-12(11)16(17,18)19/h2-9H,1H3. The molecule has 0 unspecified atom stereocenters. The summed E-state index contributed by atoms with van der Waals surface area (Å²) in [5, 5.41) is 0. The van der Waals surface area contributed by atoms with E-state index in [0.717, 1.165) is 6.07 Å². The molecule has 0 radical (unpaired) electrons. The number of benzene rings is 2. The Morgan fingerprint density at radius 3 is 2.41 bits per heavy atom. The number of fused-ring (bicyclic) bond motifs is 1. The highest BCUT2D eigenvalue weighted by atomic mass is 19.4. The molecule has 0 aliphatic carbocycles. The van der Waals surface area contributed by atoms with Crippen LogP contribution in [0.25, 0.3) is 11.0 Å². The van der Waals surface area contributed by atoms with E-state index in [-0.39, 0.29) is 5.56 Å². The van der Waals surface area contributed by atoms with Crippen LogP contribution in [0.15, 0.2) is 48.5 Å². The van der Waals surface area contributed by atoms with Gasteiger partial charge in [0.25, 0.3) is 5.91 Å². The SMILES string of the molecule is Cc1nc2ccccc2n1C(=O)c1ccccc1C(F)(F)F. The van der Waals surface area contributed by atoms with Crippen LogP contribution >= 0.6 is 0 Å². The van der Waals surface area contributed by atoms with Gasteiger partial charge in [0.15, 0.2) is 0 Å². The zero-order chi connectivity index (χ0) is 15.9. The second-order valence-electron chi connectivity index (χ2n) is 4.83. The summed E-state index contributed by atoms with van der Waals surface area (Å²) in [7, 11) is 0. The van der Waals surface area contributed by atoms with Gasteiger partial charge in [-0.3, -0.25) is 9.36 Å². The van der Waals surface area contributed by atoms with Gasteiger partial charge in [-0.15, -0.1) is 0 Å². The Kier molecular flexibility index (Phi) is 3.24. The maximum Gasteiger partial charge on any atom is 0.417 e. The summed E-state index contributed by atoms with van der Waals surface area (Å²) < 4.78 is 40.5. The number of aryl methyl sites for hydroxylation is 1. The molecular weight excluding hydrogens is 293 g/mol. The summed E-state index contributed by atoms with van der Waals surface area (Å²) in [6, 6.07) is 11.6. The minimum Gasteiger partial charge on any atom is -0.268 e. The third-order valence-corrected chi connectivity index (χ3v) is 3.39. The van der Waals surface area contributed by atoms with E-state index in [0.29, 0.717) is 16.9 Å². The fourth-order valence-electron chi connectivity index (χ4n) is 2.44. The number of hydrogen-bond donors (Lipinski definition) is 0. The van der Waals surface area contributed by atoms with Crippen LogP contribution < -0.4 is 0 Å². The van der Waals surface area contributed by atoms with Crippen molar-refractivity contribution in [1.82, 2.24) is 9.55 Å². The quantitative estimate of drug-likeness (QED) is 0.679. The van der Waals surface area contributed by atoms with Gasteiger partial charge in [0.2, 0.25) is 0 Å². The predicted molar refractivity (Wildman–Crippen MR) is 75.6 cm³/mol. The van der Waals surface area contributed by atoms with Crippen LogP contribution in [0.4, 0.5) is 13.2 Å². The van der Waals surface area contributed by atoms with Crippen molar-refractivity contribution < 1.29 is 18.0 Å². The van der Waals surface area contributed by atoms with Gasteiger partial charge in [0, 0.05) is 0 Å². The highest BCUT2D eigenvalue weighted by molar-refractivity contribution is 6.02.